The van der Waals surface area contributed by atoms with Crippen LogP contribution in [0.5, 0.6) is 0 Å². The highest BCUT2D eigenvalue weighted by Crippen LogP contribution is 2.16. The summed E-state index contributed by atoms with van der Waals surface area (Å²) < 4.78 is 5.59. The maximum atomic E-state index is 5.59. The van der Waals surface area contributed by atoms with Crippen molar-refractivity contribution in [1.29, 1.82) is 0 Å². The van der Waals surface area contributed by atoms with Crippen LogP contribution in [0, 0.1) is 5.92 Å². The summed E-state index contributed by atoms with van der Waals surface area (Å²) >= 11 is 0. The van der Waals surface area contributed by atoms with E-state index in [0.717, 1.165) is 44.6 Å². The number of nitrogens with one attached hydrogen (secondary N) is 2. The quantitative estimate of drug-likeness (QED) is 0.638. The first-order valence-corrected chi connectivity index (χ1v) is 8.34. The largest absolute Gasteiger partial charge is 0.375 e. The Hall–Kier alpha value is -1.82. The predicted octanol–water partition coefficient (Wildman–Crippen LogP) is 1.63. The van der Waals surface area contributed by atoms with E-state index in [1.165, 1.54) is 5.56 Å². The third-order valence-corrected chi connectivity index (χ3v) is 3.74. The van der Waals surface area contributed by atoms with Gasteiger partial charge < -0.3 is 20.3 Å². The molecule has 1 aromatic heterocycles. The van der Waals surface area contributed by atoms with Gasteiger partial charge in [0.05, 0.1) is 12.7 Å². The van der Waals surface area contributed by atoms with Crippen LogP contribution < -0.4 is 15.5 Å². The zero-order valence-electron chi connectivity index (χ0n) is 14.7. The van der Waals surface area contributed by atoms with Crippen molar-refractivity contribution in [2.24, 2.45) is 10.9 Å². The molecule has 0 aromatic carbocycles. The minimum atomic E-state index is 0.256. The zero-order chi connectivity index (χ0) is 16.7. The van der Waals surface area contributed by atoms with Crippen LogP contribution in [0.3, 0.4) is 0 Å². The van der Waals surface area contributed by atoms with Gasteiger partial charge in [-0.05, 0) is 30.5 Å². The molecule has 2 heterocycles. The number of anilines is 1. The summed E-state index contributed by atoms with van der Waals surface area (Å²) in [7, 11) is 1.79. The van der Waals surface area contributed by atoms with Crippen LogP contribution >= 0.6 is 0 Å². The van der Waals surface area contributed by atoms with Crippen molar-refractivity contribution in [3.05, 3.63) is 23.9 Å². The molecule has 128 valence electrons. The molecule has 1 aliphatic rings. The molecule has 23 heavy (non-hydrogen) atoms. The van der Waals surface area contributed by atoms with E-state index >= 15 is 0 Å². The Kier molecular flexibility index (Phi) is 6.65. The molecule has 0 radical (unpaired) electrons. The number of morpholine rings is 1. The van der Waals surface area contributed by atoms with E-state index in [1.54, 1.807) is 7.05 Å². The van der Waals surface area contributed by atoms with E-state index in [0.29, 0.717) is 5.92 Å². The lowest BCUT2D eigenvalue weighted by Gasteiger charge is -2.32. The van der Waals surface area contributed by atoms with Gasteiger partial charge >= 0.3 is 0 Å². The van der Waals surface area contributed by atoms with E-state index in [-0.39, 0.29) is 6.10 Å². The fraction of sp³-hybridized carbons (Fsp3) is 0.647. The van der Waals surface area contributed by atoms with Gasteiger partial charge in [-0.15, -0.1) is 0 Å². The molecule has 1 aromatic rings. The molecule has 0 amide bonds. The Labute approximate surface area is 139 Å². The molecule has 1 atom stereocenters. The molecule has 0 spiro atoms. The summed E-state index contributed by atoms with van der Waals surface area (Å²) in [6, 6.07) is 4.18. The number of hydrogen-bond acceptors (Lipinski definition) is 4. The predicted molar refractivity (Wildman–Crippen MR) is 94.9 cm³/mol. The van der Waals surface area contributed by atoms with Gasteiger partial charge in [-0.1, -0.05) is 13.8 Å². The Morgan fingerprint density at radius 2 is 2.30 bits per heavy atom. The Morgan fingerprint density at radius 1 is 1.48 bits per heavy atom. The highest BCUT2D eigenvalue weighted by molar-refractivity contribution is 5.79. The van der Waals surface area contributed by atoms with Crippen molar-refractivity contribution in [2.75, 3.05) is 38.2 Å². The molecule has 2 rings (SSSR count). The first-order valence-electron chi connectivity index (χ1n) is 8.34. The van der Waals surface area contributed by atoms with Crippen molar-refractivity contribution in [3.63, 3.8) is 0 Å². The van der Waals surface area contributed by atoms with Gasteiger partial charge in [-0.2, -0.15) is 0 Å². The fourth-order valence-electron chi connectivity index (χ4n) is 2.48. The minimum Gasteiger partial charge on any atom is -0.375 e. The Morgan fingerprint density at radius 3 is 3.00 bits per heavy atom. The van der Waals surface area contributed by atoms with Crippen molar-refractivity contribution in [1.82, 2.24) is 15.6 Å². The number of ether oxygens (including phenoxy) is 1. The summed E-state index contributed by atoms with van der Waals surface area (Å²) in [5, 5.41) is 6.67. The smallest absolute Gasteiger partial charge is 0.191 e. The number of pyridine rings is 1. The summed E-state index contributed by atoms with van der Waals surface area (Å²) in [6.45, 7) is 10.6. The summed E-state index contributed by atoms with van der Waals surface area (Å²) in [5.74, 6) is 2.44. The first kappa shape index (κ1) is 17.5. The third-order valence-electron chi connectivity index (χ3n) is 3.74. The van der Waals surface area contributed by atoms with Gasteiger partial charge in [0.2, 0.25) is 0 Å². The number of aromatic nitrogens is 1. The minimum absolute atomic E-state index is 0.256. The third kappa shape index (κ3) is 5.71. The normalized spacial score (nSPS) is 19.1. The molecule has 1 aliphatic heterocycles. The Balaban J connectivity index is 1.91. The molecular weight excluding hydrogens is 290 g/mol. The van der Waals surface area contributed by atoms with Crippen molar-refractivity contribution >= 4 is 11.8 Å². The van der Waals surface area contributed by atoms with Crippen LogP contribution in [0.25, 0.3) is 0 Å². The fourth-order valence-corrected chi connectivity index (χ4v) is 2.48. The molecule has 1 saturated heterocycles. The van der Waals surface area contributed by atoms with Crippen LogP contribution in [-0.2, 0) is 11.3 Å². The summed E-state index contributed by atoms with van der Waals surface area (Å²) in [5.41, 5.74) is 1.20. The monoisotopic (exact) mass is 319 g/mol. The average Bonchev–Trinajstić information content (AvgIpc) is 2.55. The topological polar surface area (TPSA) is 61.8 Å². The number of rotatable bonds is 5. The highest BCUT2D eigenvalue weighted by Gasteiger charge is 2.17. The van der Waals surface area contributed by atoms with Crippen LogP contribution in [0.4, 0.5) is 5.82 Å². The lowest BCUT2D eigenvalue weighted by Crippen LogP contribution is -2.41. The highest BCUT2D eigenvalue weighted by atomic mass is 16.5. The molecule has 0 bridgehead atoms. The van der Waals surface area contributed by atoms with E-state index in [4.69, 9.17) is 4.74 Å². The Bertz CT molecular complexity index is 517. The molecule has 2 N–H and O–H groups in total. The molecule has 1 unspecified atom stereocenters. The second-order valence-electron chi connectivity index (χ2n) is 6.35. The maximum absolute atomic E-state index is 5.59. The first-order chi connectivity index (χ1) is 11.1. The zero-order valence-corrected chi connectivity index (χ0v) is 14.7. The molecule has 0 aliphatic carbocycles. The molecule has 6 nitrogen and oxygen atoms in total. The summed E-state index contributed by atoms with van der Waals surface area (Å²) in [6.07, 6.45) is 2.13. The SMILES string of the molecule is CN=C(NCc1ccnc(N2CCOC(C)C2)c1)NCC(C)C. The average molecular weight is 319 g/mol. The van der Waals surface area contributed by atoms with Gasteiger partial charge in [0.1, 0.15) is 5.82 Å². The number of hydrogen-bond donors (Lipinski definition) is 2. The lowest BCUT2D eigenvalue weighted by atomic mass is 10.2. The van der Waals surface area contributed by atoms with Gasteiger partial charge in [0, 0.05) is 39.4 Å². The van der Waals surface area contributed by atoms with E-state index in [9.17, 15) is 0 Å². The summed E-state index contributed by atoms with van der Waals surface area (Å²) in [4.78, 5) is 11.0. The molecular formula is C17H29N5O. The van der Waals surface area contributed by atoms with E-state index in [1.807, 2.05) is 12.3 Å². The van der Waals surface area contributed by atoms with Crippen molar-refractivity contribution in [3.8, 4) is 0 Å². The standard InChI is InChI=1S/C17H29N5O/c1-13(2)10-20-17(18-4)21-11-15-5-6-19-16(9-15)22-7-8-23-14(3)12-22/h5-6,9,13-14H,7-8,10-12H2,1-4H3,(H2,18,20,21). The van der Waals surface area contributed by atoms with Gasteiger partial charge in [-0.25, -0.2) is 4.98 Å². The second-order valence-corrected chi connectivity index (χ2v) is 6.35. The van der Waals surface area contributed by atoms with Crippen molar-refractivity contribution < 1.29 is 4.74 Å². The van der Waals surface area contributed by atoms with Crippen LogP contribution in [0.2, 0.25) is 0 Å². The van der Waals surface area contributed by atoms with E-state index < -0.39 is 0 Å². The van der Waals surface area contributed by atoms with Gasteiger partial charge in [0.15, 0.2) is 5.96 Å². The van der Waals surface area contributed by atoms with E-state index in [2.05, 4.69) is 52.3 Å². The van der Waals surface area contributed by atoms with Crippen LogP contribution in [0.1, 0.15) is 26.3 Å². The van der Waals surface area contributed by atoms with Crippen LogP contribution in [-0.4, -0.2) is 50.3 Å². The van der Waals surface area contributed by atoms with Crippen LogP contribution in [0.15, 0.2) is 23.3 Å². The molecule has 0 saturated carbocycles. The van der Waals surface area contributed by atoms with Crippen molar-refractivity contribution in [2.45, 2.75) is 33.4 Å². The lowest BCUT2D eigenvalue weighted by molar-refractivity contribution is 0.0529. The maximum Gasteiger partial charge on any atom is 0.191 e. The number of aliphatic imine (C=N–C) groups is 1. The second kappa shape index (κ2) is 8.72. The molecule has 1 fully saturated rings. The molecule has 6 heteroatoms. The number of nitrogens with zero attached hydrogens (tertiary/aromatic N) is 3. The number of guanidine groups is 1. The van der Waals surface area contributed by atoms with Gasteiger partial charge in [0.25, 0.3) is 0 Å². The van der Waals surface area contributed by atoms with Gasteiger partial charge in [-0.3, -0.25) is 4.99 Å².